The van der Waals surface area contributed by atoms with Crippen LogP contribution < -0.4 is 5.32 Å². The van der Waals surface area contributed by atoms with Gasteiger partial charge in [-0.2, -0.15) is 0 Å². The van der Waals surface area contributed by atoms with Crippen LogP contribution in [0.25, 0.3) is 10.9 Å². The van der Waals surface area contributed by atoms with E-state index in [1.165, 1.54) is 4.31 Å². The molecular weight excluding hydrogens is 394 g/mol. The third kappa shape index (κ3) is 3.81. The highest BCUT2D eigenvalue weighted by atomic mass is 79.9. The van der Waals surface area contributed by atoms with Crippen LogP contribution in [0.2, 0.25) is 0 Å². The quantitative estimate of drug-likeness (QED) is 0.705. The highest BCUT2D eigenvalue weighted by Gasteiger charge is 2.19. The summed E-state index contributed by atoms with van der Waals surface area (Å²) in [5, 5.41) is 3.84. The summed E-state index contributed by atoms with van der Waals surface area (Å²) in [7, 11) is 0.235. The maximum absolute atomic E-state index is 12.5. The Hall–Kier alpha value is -1.38. The molecule has 0 saturated heterocycles. The first-order chi connectivity index (χ1) is 11.3. The number of nitrogens with one attached hydrogen (secondary N) is 1. The maximum Gasteiger partial charge on any atom is 0.269 e. The average Bonchev–Trinajstić information content (AvgIpc) is 2.83. The molecular formula is C16H22BrN3O3S. The van der Waals surface area contributed by atoms with Crippen LogP contribution in [0.3, 0.4) is 0 Å². The molecule has 1 aromatic heterocycles. The number of rotatable bonds is 7. The van der Waals surface area contributed by atoms with Crippen molar-refractivity contribution in [1.82, 2.24) is 14.2 Å². The summed E-state index contributed by atoms with van der Waals surface area (Å²) in [5.41, 5.74) is 1.54. The van der Waals surface area contributed by atoms with Crippen LogP contribution >= 0.6 is 15.9 Å². The lowest BCUT2D eigenvalue weighted by atomic mass is 10.2. The lowest BCUT2D eigenvalue weighted by molar-refractivity contribution is 0.0944. The van der Waals surface area contributed by atoms with Gasteiger partial charge in [0.1, 0.15) is 5.69 Å². The van der Waals surface area contributed by atoms with Crippen LogP contribution in [0.15, 0.2) is 28.7 Å². The summed E-state index contributed by atoms with van der Waals surface area (Å²) in [6, 6.07) is 7.78. The van der Waals surface area contributed by atoms with Gasteiger partial charge in [0.05, 0.1) is 10.2 Å². The summed E-state index contributed by atoms with van der Waals surface area (Å²) in [4.78, 5) is 12.5. The Bertz CT molecular complexity index is 807. The third-order valence-electron chi connectivity index (χ3n) is 4.04. The van der Waals surface area contributed by atoms with Gasteiger partial charge in [0, 0.05) is 38.1 Å². The van der Waals surface area contributed by atoms with Gasteiger partial charge in [-0.1, -0.05) is 18.2 Å². The van der Waals surface area contributed by atoms with E-state index in [0.717, 1.165) is 15.4 Å². The van der Waals surface area contributed by atoms with Gasteiger partial charge in [-0.05, 0) is 35.3 Å². The van der Waals surface area contributed by atoms with Crippen molar-refractivity contribution in [2.45, 2.75) is 13.3 Å². The second kappa shape index (κ2) is 7.67. The molecule has 1 amide bonds. The Morgan fingerprint density at radius 2 is 2.00 bits per heavy atom. The SMILES string of the molecule is CCS(=O)(=O)N(C)CCCNC(=O)c1c(Br)c2ccccc2n1C. The Labute approximate surface area is 151 Å². The van der Waals surface area contributed by atoms with Crippen molar-refractivity contribution in [3.8, 4) is 0 Å². The number of nitrogens with zero attached hydrogens (tertiary/aromatic N) is 2. The van der Waals surface area contributed by atoms with Crippen molar-refractivity contribution >= 4 is 42.8 Å². The average molecular weight is 416 g/mol. The van der Waals surface area contributed by atoms with Gasteiger partial charge in [-0.25, -0.2) is 12.7 Å². The minimum Gasteiger partial charge on any atom is -0.351 e. The molecule has 8 heteroatoms. The molecule has 24 heavy (non-hydrogen) atoms. The van der Waals surface area contributed by atoms with Gasteiger partial charge >= 0.3 is 0 Å². The molecule has 0 aliphatic heterocycles. The zero-order chi connectivity index (χ0) is 17.9. The number of aryl methyl sites for hydroxylation is 1. The zero-order valence-electron chi connectivity index (χ0n) is 14.0. The van der Waals surface area contributed by atoms with Gasteiger partial charge in [0.25, 0.3) is 5.91 Å². The minimum absolute atomic E-state index is 0.0821. The molecule has 132 valence electrons. The molecule has 1 aromatic carbocycles. The van der Waals surface area contributed by atoms with Gasteiger partial charge in [0.2, 0.25) is 10.0 Å². The molecule has 0 saturated carbocycles. The molecule has 0 bridgehead atoms. The first-order valence-corrected chi connectivity index (χ1v) is 10.1. The van der Waals surface area contributed by atoms with E-state index >= 15 is 0 Å². The summed E-state index contributed by atoms with van der Waals surface area (Å²) in [5.74, 6) is -0.0970. The van der Waals surface area contributed by atoms with Crippen molar-refractivity contribution in [3.63, 3.8) is 0 Å². The highest BCUT2D eigenvalue weighted by Crippen LogP contribution is 2.29. The second-order valence-electron chi connectivity index (χ2n) is 5.57. The lowest BCUT2D eigenvalue weighted by Gasteiger charge is -2.15. The second-order valence-corrected chi connectivity index (χ2v) is 8.73. The number of benzene rings is 1. The number of amides is 1. The number of halogens is 1. The first kappa shape index (κ1) is 19.0. The van der Waals surface area contributed by atoms with Crippen molar-refractivity contribution in [2.24, 2.45) is 7.05 Å². The van der Waals surface area contributed by atoms with E-state index < -0.39 is 10.0 Å². The summed E-state index contributed by atoms with van der Waals surface area (Å²) in [6.45, 7) is 2.41. The standard InChI is InChI=1S/C16H22BrN3O3S/c1-4-24(22,23)19(2)11-7-10-18-16(21)15-14(17)12-8-5-6-9-13(12)20(15)3/h5-6,8-9H,4,7,10-11H2,1-3H3,(H,18,21). The fraction of sp³-hybridized carbons (Fsp3) is 0.438. The summed E-state index contributed by atoms with van der Waals surface area (Å²) >= 11 is 3.50. The number of carbonyl (C=O) groups excluding carboxylic acids is 1. The van der Waals surface area contributed by atoms with Gasteiger partial charge < -0.3 is 9.88 Å². The van der Waals surface area contributed by atoms with Crippen molar-refractivity contribution in [3.05, 3.63) is 34.4 Å². The molecule has 1 heterocycles. The zero-order valence-corrected chi connectivity index (χ0v) is 16.4. The smallest absolute Gasteiger partial charge is 0.269 e. The molecule has 0 unspecified atom stereocenters. The Morgan fingerprint density at radius 1 is 1.33 bits per heavy atom. The Morgan fingerprint density at radius 3 is 2.62 bits per heavy atom. The Kier molecular flexibility index (Phi) is 6.06. The molecule has 2 aromatic rings. The molecule has 0 aliphatic rings. The van der Waals surface area contributed by atoms with E-state index in [2.05, 4.69) is 21.2 Å². The van der Waals surface area contributed by atoms with Crippen LogP contribution in [-0.2, 0) is 17.1 Å². The maximum atomic E-state index is 12.5. The van der Waals surface area contributed by atoms with Gasteiger partial charge in [-0.15, -0.1) is 0 Å². The minimum atomic E-state index is -3.17. The van der Waals surface area contributed by atoms with Crippen LogP contribution in [0.5, 0.6) is 0 Å². The van der Waals surface area contributed by atoms with Crippen molar-refractivity contribution in [2.75, 3.05) is 25.9 Å². The fourth-order valence-electron chi connectivity index (χ4n) is 2.55. The van der Waals surface area contributed by atoms with Crippen LogP contribution in [0, 0.1) is 0 Å². The third-order valence-corrected chi connectivity index (χ3v) is 6.70. The Balaban J connectivity index is 1.99. The normalized spacial score (nSPS) is 12.0. The van der Waals surface area contributed by atoms with Crippen LogP contribution in [0.1, 0.15) is 23.8 Å². The number of fused-ring (bicyclic) bond motifs is 1. The number of aromatic nitrogens is 1. The van der Waals surface area contributed by atoms with Crippen LogP contribution in [0.4, 0.5) is 0 Å². The molecule has 1 N–H and O–H groups in total. The first-order valence-electron chi connectivity index (χ1n) is 7.74. The van der Waals surface area contributed by atoms with Crippen molar-refractivity contribution in [1.29, 1.82) is 0 Å². The number of para-hydroxylation sites is 1. The highest BCUT2D eigenvalue weighted by molar-refractivity contribution is 9.10. The topological polar surface area (TPSA) is 71.4 Å². The van der Waals surface area contributed by atoms with E-state index in [4.69, 9.17) is 0 Å². The van der Waals surface area contributed by atoms with E-state index in [1.54, 1.807) is 14.0 Å². The number of carbonyl (C=O) groups is 1. The lowest BCUT2D eigenvalue weighted by Crippen LogP contribution is -2.33. The molecule has 0 spiro atoms. The van der Waals surface area contributed by atoms with E-state index in [9.17, 15) is 13.2 Å². The number of hydrogen-bond acceptors (Lipinski definition) is 3. The van der Waals surface area contributed by atoms with E-state index in [1.807, 2.05) is 35.9 Å². The number of hydrogen-bond donors (Lipinski definition) is 1. The fourth-order valence-corrected chi connectivity index (χ4v) is 4.18. The van der Waals surface area contributed by atoms with Crippen molar-refractivity contribution < 1.29 is 13.2 Å². The largest absolute Gasteiger partial charge is 0.351 e. The van der Waals surface area contributed by atoms with E-state index in [-0.39, 0.29) is 11.7 Å². The summed E-state index contributed by atoms with van der Waals surface area (Å²) in [6.07, 6.45) is 0.559. The molecule has 0 atom stereocenters. The van der Waals surface area contributed by atoms with Gasteiger partial charge in [-0.3, -0.25) is 4.79 Å². The monoisotopic (exact) mass is 415 g/mol. The summed E-state index contributed by atoms with van der Waals surface area (Å²) < 4.78 is 27.3. The molecule has 0 fully saturated rings. The predicted octanol–water partition coefficient (Wildman–Crippen LogP) is 2.34. The van der Waals surface area contributed by atoms with Gasteiger partial charge in [0.15, 0.2) is 0 Å². The number of sulfonamides is 1. The van der Waals surface area contributed by atoms with E-state index in [0.29, 0.717) is 25.2 Å². The molecule has 0 radical (unpaired) electrons. The van der Waals surface area contributed by atoms with Crippen LogP contribution in [-0.4, -0.2) is 49.1 Å². The molecule has 6 nitrogen and oxygen atoms in total. The predicted molar refractivity (Wildman–Crippen MR) is 99.7 cm³/mol. The molecule has 0 aliphatic carbocycles. The molecule has 2 rings (SSSR count).